The molecule has 2 aromatic carbocycles. The Morgan fingerprint density at radius 3 is 1.92 bits per heavy atom. The molecule has 196 valence electrons. The molecule has 0 atom stereocenters. The Kier molecular flexibility index (Phi) is 9.59. The highest BCUT2D eigenvalue weighted by Gasteiger charge is 2.25. The van der Waals surface area contributed by atoms with Gasteiger partial charge in [0.05, 0.1) is 5.41 Å². The van der Waals surface area contributed by atoms with Crippen molar-refractivity contribution in [2.24, 2.45) is 10.8 Å². The highest BCUT2D eigenvalue weighted by atomic mass is 16.4. The summed E-state index contributed by atoms with van der Waals surface area (Å²) in [4.78, 5) is 11.3. The van der Waals surface area contributed by atoms with E-state index in [0.29, 0.717) is 28.7 Å². The zero-order valence-corrected chi connectivity index (χ0v) is 21.5. The summed E-state index contributed by atoms with van der Waals surface area (Å²) in [6.45, 7) is 7.23. The summed E-state index contributed by atoms with van der Waals surface area (Å²) in [5.74, 6) is -0.905. The Morgan fingerprint density at radius 2 is 1.36 bits per heavy atom. The van der Waals surface area contributed by atoms with Crippen LogP contribution in [0.25, 0.3) is 12.2 Å². The van der Waals surface area contributed by atoms with Crippen LogP contribution in [0.2, 0.25) is 0 Å². The number of aliphatic carboxylic acids is 1. The van der Waals surface area contributed by atoms with Gasteiger partial charge in [-0.05, 0) is 81.2 Å². The molecule has 2 rings (SSSR count). The number of carbonyl (C=O) groups is 1. The fraction of sp³-hybridized carbons (Fsp3) is 0.414. The first kappa shape index (κ1) is 28.8. The number of aliphatic hydroxyl groups is 1. The van der Waals surface area contributed by atoms with Crippen LogP contribution in [0.15, 0.2) is 36.4 Å². The molecule has 0 fully saturated rings. The number of aliphatic hydroxyl groups excluding tert-OH is 1. The third-order valence-electron chi connectivity index (χ3n) is 6.27. The Bertz CT molecular complexity index is 1130. The zero-order chi connectivity index (χ0) is 27.1. The van der Waals surface area contributed by atoms with Crippen LogP contribution in [-0.2, 0) is 17.6 Å². The zero-order valence-electron chi connectivity index (χ0n) is 21.5. The van der Waals surface area contributed by atoms with Crippen LogP contribution < -0.4 is 0 Å². The van der Waals surface area contributed by atoms with Crippen LogP contribution in [-0.4, -0.2) is 43.2 Å². The molecule has 0 saturated heterocycles. The molecule has 0 amide bonds. The molecule has 2 aromatic rings. The number of phenols is 4. The number of rotatable bonds is 12. The first-order chi connectivity index (χ1) is 16.8. The van der Waals surface area contributed by atoms with Crippen LogP contribution in [0, 0.1) is 10.8 Å². The quantitative estimate of drug-likeness (QED) is 0.209. The smallest absolute Gasteiger partial charge is 0.309 e. The van der Waals surface area contributed by atoms with Crippen molar-refractivity contribution in [3.63, 3.8) is 0 Å². The topological polar surface area (TPSA) is 138 Å². The van der Waals surface area contributed by atoms with Crippen molar-refractivity contribution >= 4 is 18.1 Å². The number of aryl methyl sites for hydroxylation is 1. The summed E-state index contributed by atoms with van der Waals surface area (Å²) in [6.07, 6.45) is 9.14. The van der Waals surface area contributed by atoms with Crippen LogP contribution in [0.5, 0.6) is 23.0 Å². The van der Waals surface area contributed by atoms with Gasteiger partial charge in [0.2, 0.25) is 0 Å². The molecule has 0 radical (unpaired) electrons. The SMILES string of the molecule is CC(C)(CO)CCCc1cc(O)cc(C=CCc2cc(O)cc(C=CCC(C)(C)C(=O)O)c2O)c1O. The fourth-order valence-corrected chi connectivity index (χ4v) is 3.72. The molecular weight excluding hydrogens is 460 g/mol. The van der Waals surface area contributed by atoms with Gasteiger partial charge >= 0.3 is 5.97 Å². The standard InChI is InChI=1S/C29H38O7/c1-28(2,18-30)12-6-10-21-16-23(31)14-19(25(21)33)8-5-9-20-15-24(32)17-22(26(20)34)11-7-13-29(3,4)27(35)36/h5,7-8,11,14-17,30-34H,6,9-10,12-13,18H2,1-4H3,(H,35,36). The van der Waals surface area contributed by atoms with Gasteiger partial charge in [0.25, 0.3) is 0 Å². The molecule has 0 aromatic heterocycles. The lowest BCUT2D eigenvalue weighted by Crippen LogP contribution is -2.22. The molecule has 7 nitrogen and oxygen atoms in total. The minimum absolute atomic E-state index is 0.0285. The maximum Gasteiger partial charge on any atom is 0.309 e. The van der Waals surface area contributed by atoms with Crippen molar-refractivity contribution in [1.29, 1.82) is 0 Å². The number of carboxylic acids is 1. The van der Waals surface area contributed by atoms with E-state index in [2.05, 4.69) is 0 Å². The molecule has 0 aliphatic carbocycles. The van der Waals surface area contributed by atoms with Crippen molar-refractivity contribution in [2.75, 3.05) is 6.61 Å². The van der Waals surface area contributed by atoms with E-state index in [0.717, 1.165) is 12.8 Å². The maximum atomic E-state index is 11.3. The van der Waals surface area contributed by atoms with E-state index < -0.39 is 11.4 Å². The summed E-state index contributed by atoms with van der Waals surface area (Å²) >= 11 is 0. The van der Waals surface area contributed by atoms with Crippen molar-refractivity contribution < 1.29 is 35.4 Å². The number of phenolic OH excluding ortho intramolecular Hbond substituents is 4. The van der Waals surface area contributed by atoms with Gasteiger partial charge in [0.15, 0.2) is 0 Å². The van der Waals surface area contributed by atoms with Gasteiger partial charge in [-0.1, -0.05) is 38.2 Å². The normalized spacial score (nSPS) is 12.6. The third-order valence-corrected chi connectivity index (χ3v) is 6.27. The van der Waals surface area contributed by atoms with E-state index in [1.807, 2.05) is 13.8 Å². The molecule has 0 aliphatic rings. The van der Waals surface area contributed by atoms with E-state index in [1.54, 1.807) is 38.2 Å². The molecule has 0 bridgehead atoms. The molecule has 0 unspecified atom stereocenters. The number of hydrogen-bond acceptors (Lipinski definition) is 6. The summed E-state index contributed by atoms with van der Waals surface area (Å²) in [7, 11) is 0. The second-order valence-corrected chi connectivity index (χ2v) is 10.7. The monoisotopic (exact) mass is 498 g/mol. The minimum Gasteiger partial charge on any atom is -0.508 e. The van der Waals surface area contributed by atoms with Crippen LogP contribution in [0.1, 0.15) is 69.2 Å². The van der Waals surface area contributed by atoms with Gasteiger partial charge in [-0.2, -0.15) is 0 Å². The molecular formula is C29H38O7. The fourth-order valence-electron chi connectivity index (χ4n) is 3.72. The van der Waals surface area contributed by atoms with Crippen molar-refractivity contribution in [3.05, 3.63) is 58.7 Å². The molecule has 0 aliphatic heterocycles. The molecule has 0 saturated carbocycles. The molecule has 0 spiro atoms. The Labute approximate surface area is 212 Å². The van der Waals surface area contributed by atoms with Crippen LogP contribution in [0.4, 0.5) is 0 Å². The first-order valence-corrected chi connectivity index (χ1v) is 12.0. The second-order valence-electron chi connectivity index (χ2n) is 10.7. The van der Waals surface area contributed by atoms with Gasteiger partial charge in [0, 0.05) is 23.3 Å². The minimum atomic E-state index is -0.953. The Hall–Kier alpha value is -3.45. The number of carboxylic acid groups (broad SMARTS) is 1. The maximum absolute atomic E-state index is 11.3. The van der Waals surface area contributed by atoms with E-state index >= 15 is 0 Å². The Balaban J connectivity index is 2.17. The molecule has 6 N–H and O–H groups in total. The molecule has 7 heteroatoms. The van der Waals surface area contributed by atoms with Gasteiger partial charge in [-0.15, -0.1) is 0 Å². The Morgan fingerprint density at radius 1 is 0.833 bits per heavy atom. The highest BCUT2D eigenvalue weighted by Crippen LogP contribution is 2.33. The number of aromatic hydroxyl groups is 4. The van der Waals surface area contributed by atoms with Crippen molar-refractivity contribution in [1.82, 2.24) is 0 Å². The summed E-state index contributed by atoms with van der Waals surface area (Å²) < 4.78 is 0. The molecule has 36 heavy (non-hydrogen) atoms. The average Bonchev–Trinajstić information content (AvgIpc) is 2.79. The highest BCUT2D eigenvalue weighted by molar-refractivity contribution is 5.74. The lowest BCUT2D eigenvalue weighted by molar-refractivity contribution is -0.146. The number of benzene rings is 2. The first-order valence-electron chi connectivity index (χ1n) is 12.0. The second kappa shape index (κ2) is 12.0. The predicted octanol–water partition coefficient (Wildman–Crippen LogP) is 5.62. The van der Waals surface area contributed by atoms with Crippen LogP contribution >= 0.6 is 0 Å². The van der Waals surface area contributed by atoms with E-state index in [1.165, 1.54) is 24.3 Å². The molecule has 0 heterocycles. The van der Waals surface area contributed by atoms with Crippen molar-refractivity contribution in [2.45, 2.75) is 59.8 Å². The lowest BCUT2D eigenvalue weighted by Gasteiger charge is -2.21. The number of hydrogen-bond donors (Lipinski definition) is 6. The van der Waals surface area contributed by atoms with Gasteiger partial charge < -0.3 is 30.6 Å². The van der Waals surface area contributed by atoms with Crippen LogP contribution in [0.3, 0.4) is 0 Å². The van der Waals surface area contributed by atoms with Gasteiger partial charge in [0.1, 0.15) is 23.0 Å². The average molecular weight is 499 g/mol. The van der Waals surface area contributed by atoms with E-state index in [-0.39, 0.29) is 47.9 Å². The summed E-state index contributed by atoms with van der Waals surface area (Å²) in [6, 6.07) is 5.82. The van der Waals surface area contributed by atoms with E-state index in [4.69, 9.17) is 0 Å². The van der Waals surface area contributed by atoms with E-state index in [9.17, 15) is 35.4 Å². The number of allylic oxidation sites excluding steroid dienone is 2. The van der Waals surface area contributed by atoms with Crippen molar-refractivity contribution in [3.8, 4) is 23.0 Å². The van der Waals surface area contributed by atoms with Gasteiger partial charge in [-0.25, -0.2) is 0 Å². The van der Waals surface area contributed by atoms with Gasteiger partial charge in [-0.3, -0.25) is 4.79 Å². The third kappa shape index (κ3) is 8.05. The predicted molar refractivity (Wildman–Crippen MR) is 141 cm³/mol. The largest absolute Gasteiger partial charge is 0.508 e. The summed E-state index contributed by atoms with van der Waals surface area (Å²) in [5.41, 5.74) is 0.703. The summed E-state index contributed by atoms with van der Waals surface area (Å²) in [5, 5.41) is 60.2. The lowest BCUT2D eigenvalue weighted by atomic mass is 9.87.